The monoisotopic (exact) mass is 367 g/mol. The molecule has 0 saturated heterocycles. The van der Waals surface area contributed by atoms with Crippen molar-refractivity contribution in [2.45, 2.75) is 20.3 Å². The van der Waals surface area contributed by atoms with E-state index < -0.39 is 0 Å². The Hall–Kier alpha value is -2.73. The van der Waals surface area contributed by atoms with E-state index in [0.717, 1.165) is 28.3 Å². The molecule has 26 heavy (non-hydrogen) atoms. The van der Waals surface area contributed by atoms with Crippen LogP contribution in [0.2, 0.25) is 0 Å². The number of methoxy groups -OCH3 is 1. The largest absolute Gasteiger partial charge is 0.497 e. The fourth-order valence-electron chi connectivity index (χ4n) is 2.39. The van der Waals surface area contributed by atoms with E-state index in [1.807, 2.05) is 55.6 Å². The molecule has 0 aliphatic heterocycles. The van der Waals surface area contributed by atoms with Crippen molar-refractivity contribution in [3.63, 3.8) is 0 Å². The van der Waals surface area contributed by atoms with Crippen molar-refractivity contribution in [1.82, 2.24) is 9.97 Å². The Labute approximate surface area is 157 Å². The number of thiophene rings is 1. The summed E-state index contributed by atoms with van der Waals surface area (Å²) in [6.45, 7) is 3.89. The average Bonchev–Trinajstić information content (AvgIpc) is 3.22. The minimum absolute atomic E-state index is 0.0446. The molecule has 6 heteroatoms. The van der Waals surface area contributed by atoms with Gasteiger partial charge in [-0.2, -0.15) is 0 Å². The molecule has 0 spiro atoms. The van der Waals surface area contributed by atoms with Gasteiger partial charge in [-0.25, -0.2) is 9.97 Å². The topological polar surface area (TPSA) is 64.1 Å². The molecule has 0 bridgehead atoms. The van der Waals surface area contributed by atoms with Gasteiger partial charge in [-0.1, -0.05) is 19.9 Å². The molecule has 0 saturated carbocycles. The van der Waals surface area contributed by atoms with Crippen LogP contribution in [0.25, 0.3) is 21.8 Å². The number of benzene rings is 1. The number of anilines is 1. The molecule has 5 nitrogen and oxygen atoms in total. The number of aromatic nitrogens is 2. The molecule has 2 heterocycles. The predicted molar refractivity (Wildman–Crippen MR) is 105 cm³/mol. The highest BCUT2D eigenvalue weighted by Gasteiger charge is 2.17. The Kier molecular flexibility index (Phi) is 5.63. The lowest BCUT2D eigenvalue weighted by Crippen LogP contribution is -2.21. The molecular formula is C20H21N3O2S. The van der Waals surface area contributed by atoms with Crippen molar-refractivity contribution in [1.29, 1.82) is 0 Å². The molecule has 1 N–H and O–H groups in total. The first-order chi connectivity index (χ1) is 12.6. The maximum atomic E-state index is 12.3. The maximum Gasteiger partial charge on any atom is 0.228 e. The van der Waals surface area contributed by atoms with Crippen molar-refractivity contribution < 1.29 is 9.53 Å². The fraction of sp³-hybridized carbons (Fsp3) is 0.250. The van der Waals surface area contributed by atoms with Gasteiger partial charge in [0.2, 0.25) is 5.91 Å². The van der Waals surface area contributed by atoms with Crippen LogP contribution in [0.3, 0.4) is 0 Å². The van der Waals surface area contributed by atoms with Crippen LogP contribution in [0.5, 0.6) is 5.75 Å². The Morgan fingerprint density at radius 2 is 2.04 bits per heavy atom. The molecule has 1 unspecified atom stereocenters. The van der Waals surface area contributed by atoms with Crippen LogP contribution in [-0.2, 0) is 4.79 Å². The molecule has 1 aromatic carbocycles. The molecule has 3 rings (SSSR count). The highest BCUT2D eigenvalue weighted by Crippen LogP contribution is 2.31. The second-order valence-corrected chi connectivity index (χ2v) is 6.90. The number of hydrogen-bond acceptors (Lipinski definition) is 5. The van der Waals surface area contributed by atoms with Gasteiger partial charge in [0.15, 0.2) is 5.82 Å². The van der Waals surface area contributed by atoms with Gasteiger partial charge >= 0.3 is 0 Å². The Morgan fingerprint density at radius 3 is 2.65 bits per heavy atom. The van der Waals surface area contributed by atoms with Crippen LogP contribution >= 0.6 is 11.3 Å². The van der Waals surface area contributed by atoms with Gasteiger partial charge < -0.3 is 10.1 Å². The SMILES string of the molecule is CCC(C)C(=O)Nc1ncc(-c2ccc(OC)cc2)nc1-c1cccs1. The molecule has 2 aromatic heterocycles. The van der Waals surface area contributed by atoms with E-state index in [4.69, 9.17) is 9.72 Å². The lowest BCUT2D eigenvalue weighted by molar-refractivity contribution is -0.119. The summed E-state index contributed by atoms with van der Waals surface area (Å²) in [6, 6.07) is 11.6. The molecular weight excluding hydrogens is 346 g/mol. The van der Waals surface area contributed by atoms with Crippen molar-refractivity contribution in [2.24, 2.45) is 5.92 Å². The Balaban J connectivity index is 1.99. The van der Waals surface area contributed by atoms with Crippen LogP contribution < -0.4 is 10.1 Å². The summed E-state index contributed by atoms with van der Waals surface area (Å²) in [5.74, 6) is 1.17. The third kappa shape index (κ3) is 3.91. The normalized spacial score (nSPS) is 11.8. The Morgan fingerprint density at radius 1 is 1.27 bits per heavy atom. The zero-order chi connectivity index (χ0) is 18.5. The second kappa shape index (κ2) is 8.10. The summed E-state index contributed by atoms with van der Waals surface area (Å²) < 4.78 is 5.20. The lowest BCUT2D eigenvalue weighted by Gasteiger charge is -2.13. The lowest BCUT2D eigenvalue weighted by atomic mass is 10.1. The van der Waals surface area contributed by atoms with E-state index in [2.05, 4.69) is 10.3 Å². The molecule has 1 amide bonds. The van der Waals surface area contributed by atoms with Gasteiger partial charge in [0.05, 0.1) is 23.9 Å². The summed E-state index contributed by atoms with van der Waals surface area (Å²) in [5.41, 5.74) is 2.37. The van der Waals surface area contributed by atoms with Crippen LogP contribution in [-0.4, -0.2) is 23.0 Å². The van der Waals surface area contributed by atoms with Gasteiger partial charge in [-0.05, 0) is 42.1 Å². The number of nitrogens with zero attached hydrogens (tertiary/aromatic N) is 2. The quantitative estimate of drug-likeness (QED) is 0.675. The van der Waals surface area contributed by atoms with E-state index >= 15 is 0 Å². The summed E-state index contributed by atoms with van der Waals surface area (Å²) >= 11 is 1.57. The van der Waals surface area contributed by atoms with Crippen molar-refractivity contribution in [2.75, 3.05) is 12.4 Å². The standard InChI is InChI=1S/C20H21N3O2S/c1-4-13(2)20(24)23-19-18(17-6-5-11-26-17)22-16(12-21-19)14-7-9-15(25-3)10-8-14/h5-13H,4H2,1-3H3,(H,21,23,24). The molecule has 0 aliphatic rings. The number of ether oxygens (including phenoxy) is 1. The van der Waals surface area contributed by atoms with Crippen molar-refractivity contribution in [3.8, 4) is 27.6 Å². The first-order valence-corrected chi connectivity index (χ1v) is 9.36. The number of hydrogen-bond donors (Lipinski definition) is 1. The van der Waals surface area contributed by atoms with E-state index in [1.165, 1.54) is 0 Å². The number of carbonyl (C=O) groups is 1. The van der Waals surface area contributed by atoms with Gasteiger partial charge in [0.25, 0.3) is 0 Å². The summed E-state index contributed by atoms with van der Waals surface area (Å²) in [4.78, 5) is 22.5. The molecule has 0 fully saturated rings. The van der Waals surface area contributed by atoms with Gasteiger partial charge in [0.1, 0.15) is 11.4 Å². The maximum absolute atomic E-state index is 12.3. The summed E-state index contributed by atoms with van der Waals surface area (Å²) in [6.07, 6.45) is 2.46. The first kappa shape index (κ1) is 18.1. The smallest absolute Gasteiger partial charge is 0.228 e. The number of amides is 1. The minimum Gasteiger partial charge on any atom is -0.497 e. The minimum atomic E-state index is -0.0748. The van der Waals surface area contributed by atoms with Crippen molar-refractivity contribution in [3.05, 3.63) is 48.0 Å². The zero-order valence-electron chi connectivity index (χ0n) is 15.0. The molecule has 0 aliphatic carbocycles. The second-order valence-electron chi connectivity index (χ2n) is 5.96. The number of carbonyl (C=O) groups excluding carboxylic acids is 1. The van der Waals surface area contributed by atoms with Gasteiger partial charge in [-0.15, -0.1) is 11.3 Å². The van der Waals surface area contributed by atoms with Crippen LogP contribution in [0.15, 0.2) is 48.0 Å². The number of rotatable bonds is 6. The molecule has 1 atom stereocenters. The van der Waals surface area contributed by atoms with E-state index in [0.29, 0.717) is 11.5 Å². The highest BCUT2D eigenvalue weighted by atomic mass is 32.1. The third-order valence-corrected chi connectivity index (χ3v) is 5.09. The number of nitrogens with one attached hydrogen (secondary N) is 1. The van der Waals surface area contributed by atoms with Gasteiger partial charge in [0, 0.05) is 11.5 Å². The zero-order valence-corrected chi connectivity index (χ0v) is 15.8. The average molecular weight is 367 g/mol. The highest BCUT2D eigenvalue weighted by molar-refractivity contribution is 7.13. The van der Waals surface area contributed by atoms with Crippen LogP contribution in [0.4, 0.5) is 5.82 Å². The summed E-state index contributed by atoms with van der Waals surface area (Å²) in [7, 11) is 1.64. The summed E-state index contributed by atoms with van der Waals surface area (Å²) in [5, 5.41) is 4.90. The van der Waals surface area contributed by atoms with Gasteiger partial charge in [-0.3, -0.25) is 4.79 Å². The fourth-order valence-corrected chi connectivity index (χ4v) is 3.11. The molecule has 3 aromatic rings. The van der Waals surface area contributed by atoms with Crippen molar-refractivity contribution >= 4 is 23.1 Å². The predicted octanol–water partition coefficient (Wildman–Crippen LogP) is 4.87. The molecule has 134 valence electrons. The van der Waals surface area contributed by atoms with Crippen LogP contribution in [0, 0.1) is 5.92 Å². The van der Waals surface area contributed by atoms with E-state index in [1.54, 1.807) is 24.6 Å². The van der Waals surface area contributed by atoms with Crippen LogP contribution in [0.1, 0.15) is 20.3 Å². The van der Waals surface area contributed by atoms with E-state index in [-0.39, 0.29) is 11.8 Å². The molecule has 0 radical (unpaired) electrons. The third-order valence-electron chi connectivity index (χ3n) is 4.21. The van der Waals surface area contributed by atoms with E-state index in [9.17, 15) is 4.79 Å². The Bertz CT molecular complexity index is 877. The first-order valence-electron chi connectivity index (χ1n) is 8.48.